The lowest BCUT2D eigenvalue weighted by atomic mass is 10.2. The van der Waals surface area contributed by atoms with Crippen LogP contribution in [0.1, 0.15) is 5.56 Å². The normalized spacial score (nSPS) is 10.8. The Hall–Kier alpha value is -0.0500. The summed E-state index contributed by atoms with van der Waals surface area (Å²) in [6, 6.07) is 8.02. The average Bonchev–Trinajstić information content (AvgIpc) is 1.82. The van der Waals surface area contributed by atoms with Crippen LogP contribution in [0.4, 0.5) is 0 Å². The fraction of sp³-hybridized carbons (Fsp3) is 0.400. The summed E-state index contributed by atoms with van der Waals surface area (Å²) in [7, 11) is 6.50. The highest BCUT2D eigenvalue weighted by molar-refractivity contribution is 6.30. The van der Waals surface area contributed by atoms with Gasteiger partial charge in [0, 0.05) is 10.6 Å². The zero-order valence-corrected chi connectivity index (χ0v) is 10.6. The van der Waals surface area contributed by atoms with Gasteiger partial charge >= 0.3 is 0 Å². The van der Waals surface area contributed by atoms with Crippen LogP contribution in [0.15, 0.2) is 24.3 Å². The van der Waals surface area contributed by atoms with Gasteiger partial charge in [-0.3, -0.25) is 0 Å². The Morgan fingerprint density at radius 3 is 2.31 bits per heavy atom. The van der Waals surface area contributed by atoms with Gasteiger partial charge < -0.3 is 21.5 Å². The molecule has 0 amide bonds. The molecule has 0 aliphatic carbocycles. The Bertz CT molecular complexity index is 268. The lowest BCUT2D eigenvalue weighted by Gasteiger charge is -2.23. The summed E-state index contributed by atoms with van der Waals surface area (Å²) in [5.74, 6) is 0. The predicted octanol–water partition coefficient (Wildman–Crippen LogP) is -0.450. The van der Waals surface area contributed by atoms with Crippen LogP contribution < -0.4 is 17.0 Å². The van der Waals surface area contributed by atoms with Crippen molar-refractivity contribution in [3.05, 3.63) is 34.9 Å². The molecule has 0 aliphatic heterocycles. The highest BCUT2D eigenvalue weighted by Gasteiger charge is 2.07. The zero-order chi connectivity index (χ0) is 9.19. The maximum absolute atomic E-state index is 5.87. The molecule has 1 nitrogen and oxygen atoms in total. The van der Waals surface area contributed by atoms with E-state index < -0.39 is 0 Å². The summed E-state index contributed by atoms with van der Waals surface area (Å²) in [5, 5.41) is 0.820. The Morgan fingerprint density at radius 2 is 1.85 bits per heavy atom. The second-order valence-electron chi connectivity index (χ2n) is 4.08. The quantitative estimate of drug-likeness (QED) is 0.635. The van der Waals surface area contributed by atoms with Crippen LogP contribution in [-0.2, 0) is 6.54 Å². The Kier molecular flexibility index (Phi) is 4.97. The molecule has 0 aromatic heterocycles. The van der Waals surface area contributed by atoms with Crippen LogP contribution in [0, 0.1) is 0 Å². The van der Waals surface area contributed by atoms with E-state index in [0.717, 1.165) is 16.1 Å². The molecular weight excluding hydrogens is 249 g/mol. The largest absolute Gasteiger partial charge is 1.00 e. The standard InChI is InChI=1S/C10H15ClN.BrH/c1-12(2,3)8-9-5-4-6-10(11)7-9;/h4-7H,8H2,1-3H3;1H/q+1;/p-1. The van der Waals surface area contributed by atoms with Crippen molar-refractivity contribution in [1.82, 2.24) is 0 Å². The summed E-state index contributed by atoms with van der Waals surface area (Å²) in [6.45, 7) is 1.01. The Morgan fingerprint density at radius 1 is 1.23 bits per heavy atom. The SMILES string of the molecule is C[N+](C)(C)Cc1cccc(Cl)c1.[Br-]. The van der Waals surface area contributed by atoms with Gasteiger partial charge in [-0.05, 0) is 12.1 Å². The molecule has 0 saturated carbocycles. The maximum atomic E-state index is 5.87. The maximum Gasteiger partial charge on any atom is 0.104 e. The highest BCUT2D eigenvalue weighted by Crippen LogP contribution is 2.13. The van der Waals surface area contributed by atoms with E-state index in [1.54, 1.807) is 0 Å². The van der Waals surface area contributed by atoms with Gasteiger partial charge in [-0.25, -0.2) is 0 Å². The minimum absolute atomic E-state index is 0. The van der Waals surface area contributed by atoms with Crippen molar-refractivity contribution in [2.24, 2.45) is 0 Å². The van der Waals surface area contributed by atoms with E-state index in [4.69, 9.17) is 11.6 Å². The van der Waals surface area contributed by atoms with Crippen molar-refractivity contribution in [3.63, 3.8) is 0 Å². The number of hydrogen-bond acceptors (Lipinski definition) is 0. The van der Waals surface area contributed by atoms with Crippen molar-refractivity contribution in [2.45, 2.75) is 6.54 Å². The van der Waals surface area contributed by atoms with E-state index in [-0.39, 0.29) is 17.0 Å². The first-order valence-corrected chi connectivity index (χ1v) is 4.40. The lowest BCUT2D eigenvalue weighted by molar-refractivity contribution is -0.884. The first-order valence-electron chi connectivity index (χ1n) is 4.02. The van der Waals surface area contributed by atoms with Gasteiger partial charge in [0.25, 0.3) is 0 Å². The van der Waals surface area contributed by atoms with Crippen LogP contribution in [0.25, 0.3) is 0 Å². The summed E-state index contributed by atoms with van der Waals surface area (Å²) < 4.78 is 0.931. The van der Waals surface area contributed by atoms with Crippen molar-refractivity contribution in [1.29, 1.82) is 0 Å². The minimum Gasteiger partial charge on any atom is -1.00 e. The fourth-order valence-corrected chi connectivity index (χ4v) is 1.40. The fourth-order valence-electron chi connectivity index (χ4n) is 1.18. The minimum atomic E-state index is 0. The Balaban J connectivity index is 0.00000144. The van der Waals surface area contributed by atoms with E-state index in [1.807, 2.05) is 18.2 Å². The molecular formula is C10H15BrClN. The second kappa shape index (κ2) is 4.99. The molecule has 0 fully saturated rings. The molecule has 0 saturated heterocycles. The van der Waals surface area contributed by atoms with Gasteiger partial charge in [-0.1, -0.05) is 23.7 Å². The van der Waals surface area contributed by atoms with E-state index in [9.17, 15) is 0 Å². The van der Waals surface area contributed by atoms with Crippen molar-refractivity contribution in [2.75, 3.05) is 21.1 Å². The van der Waals surface area contributed by atoms with Crippen molar-refractivity contribution in [3.8, 4) is 0 Å². The van der Waals surface area contributed by atoms with E-state index >= 15 is 0 Å². The molecule has 0 unspecified atom stereocenters. The van der Waals surface area contributed by atoms with Crippen molar-refractivity contribution < 1.29 is 21.5 Å². The molecule has 0 atom stereocenters. The molecule has 3 heteroatoms. The monoisotopic (exact) mass is 263 g/mol. The summed E-state index contributed by atoms with van der Waals surface area (Å²) in [4.78, 5) is 0. The third-order valence-electron chi connectivity index (χ3n) is 1.55. The van der Waals surface area contributed by atoms with Gasteiger partial charge in [0.1, 0.15) is 6.54 Å². The summed E-state index contributed by atoms with van der Waals surface area (Å²) >= 11 is 5.87. The van der Waals surface area contributed by atoms with Gasteiger partial charge in [0.05, 0.1) is 21.1 Å². The first-order chi connectivity index (χ1) is 5.47. The smallest absolute Gasteiger partial charge is 0.104 e. The van der Waals surface area contributed by atoms with Crippen molar-refractivity contribution >= 4 is 11.6 Å². The van der Waals surface area contributed by atoms with E-state index in [0.29, 0.717) is 0 Å². The number of benzene rings is 1. The Labute approximate surface area is 95.7 Å². The van der Waals surface area contributed by atoms with Gasteiger partial charge in [0.2, 0.25) is 0 Å². The molecule has 0 bridgehead atoms. The molecule has 0 radical (unpaired) electrons. The number of halogens is 2. The third-order valence-corrected chi connectivity index (χ3v) is 1.78. The lowest BCUT2D eigenvalue weighted by Crippen LogP contribution is -3.00. The molecule has 0 spiro atoms. The zero-order valence-electron chi connectivity index (χ0n) is 8.22. The molecule has 0 N–H and O–H groups in total. The number of hydrogen-bond donors (Lipinski definition) is 0. The third kappa shape index (κ3) is 5.29. The van der Waals surface area contributed by atoms with Crippen LogP contribution >= 0.6 is 11.6 Å². The highest BCUT2D eigenvalue weighted by atomic mass is 79.9. The predicted molar refractivity (Wildman–Crippen MR) is 53.2 cm³/mol. The molecule has 1 rings (SSSR count). The molecule has 13 heavy (non-hydrogen) atoms. The van der Waals surface area contributed by atoms with Crippen LogP contribution in [0.3, 0.4) is 0 Å². The topological polar surface area (TPSA) is 0 Å². The molecule has 74 valence electrons. The van der Waals surface area contributed by atoms with Crippen LogP contribution in [0.2, 0.25) is 5.02 Å². The first kappa shape index (κ1) is 12.9. The van der Waals surface area contributed by atoms with E-state index in [1.165, 1.54) is 5.56 Å². The molecule has 0 aliphatic rings. The van der Waals surface area contributed by atoms with Gasteiger partial charge in [-0.2, -0.15) is 0 Å². The van der Waals surface area contributed by atoms with E-state index in [2.05, 4.69) is 27.2 Å². The molecule has 1 aromatic carbocycles. The average molecular weight is 265 g/mol. The van der Waals surface area contributed by atoms with Gasteiger partial charge in [0.15, 0.2) is 0 Å². The number of quaternary nitrogens is 1. The summed E-state index contributed by atoms with van der Waals surface area (Å²) in [6.07, 6.45) is 0. The summed E-state index contributed by atoms with van der Waals surface area (Å²) in [5.41, 5.74) is 1.29. The number of rotatable bonds is 2. The van der Waals surface area contributed by atoms with Crippen LogP contribution in [0.5, 0.6) is 0 Å². The van der Waals surface area contributed by atoms with Crippen LogP contribution in [-0.4, -0.2) is 25.6 Å². The number of nitrogens with zero attached hydrogens (tertiary/aromatic N) is 1. The molecule has 1 aromatic rings. The second-order valence-corrected chi connectivity index (χ2v) is 4.51. The molecule has 0 heterocycles. The van der Waals surface area contributed by atoms with Gasteiger partial charge in [-0.15, -0.1) is 0 Å².